The van der Waals surface area contributed by atoms with Gasteiger partial charge in [-0.1, -0.05) is 127 Å². The fourth-order valence-electron chi connectivity index (χ4n) is 6.37. The van der Waals surface area contributed by atoms with Crippen LogP contribution in [0.5, 0.6) is 0 Å². The van der Waals surface area contributed by atoms with Crippen LogP contribution in [0.2, 0.25) is 0 Å². The number of aromatic nitrogens is 3. The number of aliphatic carboxylic acids is 1. The van der Waals surface area contributed by atoms with Gasteiger partial charge in [0.05, 0.1) is 44.9 Å². The number of nitrogens with zero attached hydrogens (tertiary/aromatic N) is 3. The molecule has 1 aliphatic rings. The lowest BCUT2D eigenvalue weighted by molar-refractivity contribution is -0.292. The van der Waals surface area contributed by atoms with Crippen molar-refractivity contribution in [3.05, 3.63) is 155 Å². The van der Waals surface area contributed by atoms with Gasteiger partial charge >= 0.3 is 12.1 Å². The van der Waals surface area contributed by atoms with Crippen molar-refractivity contribution < 1.29 is 43.1 Å². The van der Waals surface area contributed by atoms with Crippen molar-refractivity contribution in [3.63, 3.8) is 0 Å². The zero-order valence-corrected chi connectivity index (χ0v) is 32.4. The first-order chi connectivity index (χ1) is 27.6. The van der Waals surface area contributed by atoms with E-state index in [4.69, 9.17) is 28.4 Å². The molecule has 0 unspecified atom stereocenters. The summed E-state index contributed by atoms with van der Waals surface area (Å²) in [6.45, 7) is 6.33. The Morgan fingerprint density at radius 2 is 1.19 bits per heavy atom. The summed E-state index contributed by atoms with van der Waals surface area (Å²) in [7, 11) is 0. The second-order valence-electron chi connectivity index (χ2n) is 14.8. The highest BCUT2D eigenvalue weighted by Gasteiger charge is 2.50. The molecular weight excluding hydrogens is 729 g/mol. The summed E-state index contributed by atoms with van der Waals surface area (Å²) in [5, 5.41) is 21.1. The molecule has 0 bridgehead atoms. The molecule has 1 saturated heterocycles. The number of carboxylic acid groups (broad SMARTS) is 1. The van der Waals surface area contributed by atoms with Gasteiger partial charge in [0.2, 0.25) is 0 Å². The van der Waals surface area contributed by atoms with Gasteiger partial charge in [0, 0.05) is 6.42 Å². The number of hydrogen-bond donors (Lipinski definition) is 2. The second kappa shape index (κ2) is 20.1. The van der Waals surface area contributed by atoms with E-state index in [1.54, 1.807) is 27.0 Å². The molecular formula is C44H50N4O9. The molecule has 6 atom stereocenters. The number of ether oxygens (including phenoxy) is 6. The Kier molecular flexibility index (Phi) is 14.5. The first kappa shape index (κ1) is 41.2. The Labute approximate surface area is 332 Å². The molecule has 2 heterocycles. The van der Waals surface area contributed by atoms with Gasteiger partial charge in [-0.2, -0.15) is 0 Å². The third-order valence-corrected chi connectivity index (χ3v) is 9.08. The lowest BCUT2D eigenvalue weighted by Gasteiger charge is -2.46. The number of nitrogens with one attached hydrogen (secondary N) is 1. The molecule has 1 aliphatic heterocycles. The number of benzene rings is 4. The van der Waals surface area contributed by atoms with Crippen molar-refractivity contribution >= 4 is 12.1 Å². The predicted molar refractivity (Wildman–Crippen MR) is 210 cm³/mol. The number of carbonyl (C=O) groups is 2. The molecule has 57 heavy (non-hydrogen) atoms. The average Bonchev–Trinajstić information content (AvgIpc) is 3.67. The number of hydrogen-bond acceptors (Lipinski definition) is 10. The molecule has 4 aromatic carbocycles. The van der Waals surface area contributed by atoms with Crippen molar-refractivity contribution in [3.8, 4) is 0 Å². The highest BCUT2D eigenvalue weighted by Crippen LogP contribution is 2.36. The minimum absolute atomic E-state index is 0.143. The van der Waals surface area contributed by atoms with Crippen LogP contribution in [-0.2, 0) is 66.1 Å². The molecule has 0 radical (unpaired) electrons. The Balaban J connectivity index is 1.33. The normalized spacial score (nSPS) is 20.1. The zero-order chi connectivity index (χ0) is 40.0. The van der Waals surface area contributed by atoms with Gasteiger partial charge in [-0.15, -0.1) is 5.10 Å². The van der Waals surface area contributed by atoms with Crippen molar-refractivity contribution in [1.82, 2.24) is 20.3 Å². The molecule has 6 rings (SSSR count). The van der Waals surface area contributed by atoms with Crippen LogP contribution in [0.4, 0.5) is 4.79 Å². The molecule has 2 N–H and O–H groups in total. The third kappa shape index (κ3) is 12.5. The van der Waals surface area contributed by atoms with Crippen molar-refractivity contribution in [2.45, 2.75) is 95.9 Å². The summed E-state index contributed by atoms with van der Waals surface area (Å²) in [4.78, 5) is 24.8. The standard InChI is InChI=1S/C44H50N4O9/c1-44(2,3)57-43(51)45-36(42(49)50)24-35-25-48(47-46-35)41-40(55-29-34-22-14-7-15-23-34)39(54-28-33-20-12-6-13-21-33)38(53-27-32-18-10-5-11-19-32)37(56-41)30-52-26-31-16-8-4-9-17-31/h4-23,25,36-41H,24,26-30H2,1-3H3,(H,45,51)(H,49,50)/t36-,37+,38+,39-,40+,41+/m0/s1. The van der Waals surface area contributed by atoms with Crippen LogP contribution in [0, 0.1) is 0 Å². The van der Waals surface area contributed by atoms with Gasteiger partial charge in [0.1, 0.15) is 36.1 Å². The summed E-state index contributed by atoms with van der Waals surface area (Å²) in [6.07, 6.45) is -3.20. The molecule has 0 saturated carbocycles. The van der Waals surface area contributed by atoms with E-state index in [0.717, 1.165) is 22.3 Å². The molecule has 0 aliphatic carbocycles. The Bertz CT molecular complexity index is 1960. The largest absolute Gasteiger partial charge is 0.480 e. The van der Waals surface area contributed by atoms with E-state index in [-0.39, 0.29) is 32.8 Å². The molecule has 0 spiro atoms. The Morgan fingerprint density at radius 1 is 0.719 bits per heavy atom. The van der Waals surface area contributed by atoms with Crippen LogP contribution in [-0.4, -0.2) is 74.8 Å². The summed E-state index contributed by atoms with van der Waals surface area (Å²) in [6, 6.07) is 38.0. The van der Waals surface area contributed by atoms with Gasteiger partial charge in [0.15, 0.2) is 6.23 Å². The molecule has 5 aromatic rings. The van der Waals surface area contributed by atoms with E-state index in [9.17, 15) is 14.7 Å². The lowest BCUT2D eigenvalue weighted by Crippen LogP contribution is -2.59. The minimum atomic E-state index is -1.33. The fraction of sp³-hybridized carbons (Fsp3) is 0.364. The fourth-order valence-corrected chi connectivity index (χ4v) is 6.37. The quantitative estimate of drug-likeness (QED) is 0.0982. The summed E-state index contributed by atoms with van der Waals surface area (Å²) < 4.78 is 40.3. The van der Waals surface area contributed by atoms with E-state index < -0.39 is 54.3 Å². The lowest BCUT2D eigenvalue weighted by atomic mass is 9.97. The van der Waals surface area contributed by atoms with E-state index in [0.29, 0.717) is 12.3 Å². The second-order valence-corrected chi connectivity index (χ2v) is 14.8. The van der Waals surface area contributed by atoms with Gasteiger partial charge in [-0.25, -0.2) is 14.3 Å². The molecule has 13 heteroatoms. The molecule has 300 valence electrons. The number of carbonyl (C=O) groups excluding carboxylic acids is 1. The Hall–Kier alpha value is -5.44. The predicted octanol–water partition coefficient (Wildman–Crippen LogP) is 6.67. The molecule has 13 nitrogen and oxygen atoms in total. The van der Waals surface area contributed by atoms with Crippen molar-refractivity contribution in [1.29, 1.82) is 0 Å². The monoisotopic (exact) mass is 778 g/mol. The molecule has 1 aromatic heterocycles. The highest BCUT2D eigenvalue weighted by atomic mass is 16.6. The maximum absolute atomic E-state index is 12.5. The van der Waals surface area contributed by atoms with Crippen molar-refractivity contribution in [2.75, 3.05) is 6.61 Å². The number of alkyl carbamates (subject to hydrolysis) is 1. The van der Waals surface area contributed by atoms with Crippen LogP contribution in [0.3, 0.4) is 0 Å². The molecule has 1 fully saturated rings. The van der Waals surface area contributed by atoms with E-state index in [2.05, 4.69) is 15.6 Å². The van der Waals surface area contributed by atoms with E-state index in [1.807, 2.05) is 121 Å². The topological polar surface area (TPSA) is 152 Å². The van der Waals surface area contributed by atoms with Crippen LogP contribution in [0.1, 0.15) is 54.9 Å². The Morgan fingerprint density at radius 3 is 1.68 bits per heavy atom. The summed E-state index contributed by atoms with van der Waals surface area (Å²) in [5.41, 5.74) is 3.35. The first-order valence-corrected chi connectivity index (χ1v) is 19.0. The van der Waals surface area contributed by atoms with Crippen molar-refractivity contribution in [2.24, 2.45) is 0 Å². The highest BCUT2D eigenvalue weighted by molar-refractivity contribution is 5.80. The smallest absolute Gasteiger partial charge is 0.408 e. The van der Waals surface area contributed by atoms with Crippen LogP contribution < -0.4 is 5.32 Å². The summed E-state index contributed by atoms with van der Waals surface area (Å²) >= 11 is 0. The SMILES string of the molecule is CC(C)(C)OC(=O)N[C@@H](Cc1cn([C@@H]2O[C@H](COCc3ccccc3)[C@@H](OCc3ccccc3)[C@H](OCc3ccccc3)[C@H]2OCc2ccccc2)nn1)C(=O)O. The molecule has 1 amide bonds. The van der Waals surface area contributed by atoms with E-state index >= 15 is 0 Å². The zero-order valence-electron chi connectivity index (χ0n) is 32.4. The number of rotatable bonds is 18. The van der Waals surface area contributed by atoms with Crippen LogP contribution in [0.25, 0.3) is 0 Å². The van der Waals surface area contributed by atoms with Gasteiger partial charge < -0.3 is 38.8 Å². The number of amides is 1. The first-order valence-electron chi connectivity index (χ1n) is 19.0. The summed E-state index contributed by atoms with van der Waals surface area (Å²) in [5.74, 6) is -1.25. The van der Waals surface area contributed by atoms with Crippen LogP contribution in [0.15, 0.2) is 128 Å². The maximum Gasteiger partial charge on any atom is 0.408 e. The van der Waals surface area contributed by atoms with Gasteiger partial charge in [-0.3, -0.25) is 0 Å². The number of carboxylic acids is 1. The van der Waals surface area contributed by atoms with Crippen LogP contribution >= 0.6 is 0 Å². The minimum Gasteiger partial charge on any atom is -0.480 e. The third-order valence-electron chi connectivity index (χ3n) is 9.08. The van der Waals surface area contributed by atoms with E-state index in [1.165, 1.54) is 4.68 Å². The average molecular weight is 779 g/mol. The van der Waals surface area contributed by atoms with Gasteiger partial charge in [-0.05, 0) is 43.0 Å². The maximum atomic E-state index is 12.5. The van der Waals surface area contributed by atoms with Gasteiger partial charge in [0.25, 0.3) is 0 Å².